The molecule has 0 unspecified atom stereocenters. The lowest BCUT2D eigenvalue weighted by atomic mass is 10.9. The number of hydrogen-bond acceptors (Lipinski definition) is 3. The molecule has 1 aromatic heterocycles. The van der Waals surface area contributed by atoms with Crippen LogP contribution in [-0.4, -0.2) is 18.4 Å². The Hall–Kier alpha value is -1.32. The van der Waals surface area contributed by atoms with Crippen molar-refractivity contribution < 1.29 is 9.21 Å². The summed E-state index contributed by atoms with van der Waals surface area (Å²) in [5.74, 6) is 0. The molecule has 0 N–H and O–H groups in total. The van der Waals surface area contributed by atoms with Crippen LogP contribution < -0.4 is 4.90 Å². The fourth-order valence-electron chi connectivity index (χ4n) is 0.421. The van der Waals surface area contributed by atoms with Crippen LogP contribution in [0.5, 0.6) is 0 Å². The van der Waals surface area contributed by atoms with Crippen LogP contribution in [0.2, 0.25) is 0 Å². The molecule has 4 heteroatoms. The van der Waals surface area contributed by atoms with E-state index >= 15 is 0 Å². The Morgan fingerprint density at radius 3 is 3.11 bits per heavy atom. The van der Waals surface area contributed by atoms with Gasteiger partial charge in [-0.2, -0.15) is 0 Å². The van der Waals surface area contributed by atoms with Gasteiger partial charge in [-0.1, -0.05) is 0 Å². The topological polar surface area (TPSA) is 46.3 Å². The number of anilines is 1. The van der Waals surface area contributed by atoms with Gasteiger partial charge in [-0.15, -0.1) is 0 Å². The molecule has 0 atom stereocenters. The number of hydrogen-bond donors (Lipinski definition) is 0. The van der Waals surface area contributed by atoms with Crippen LogP contribution >= 0.6 is 0 Å². The number of oxazole rings is 1. The fourth-order valence-corrected chi connectivity index (χ4v) is 0.421. The normalized spacial score (nSPS) is 9.00. The molecule has 1 amide bonds. The molecule has 0 bridgehead atoms. The van der Waals surface area contributed by atoms with Crippen molar-refractivity contribution in [1.29, 1.82) is 0 Å². The van der Waals surface area contributed by atoms with E-state index in [0.29, 0.717) is 0 Å². The zero-order valence-corrected chi connectivity index (χ0v) is 4.87. The maximum atomic E-state index is 9.90. The third kappa shape index (κ3) is 1.07. The molecule has 47 valence electrons. The van der Waals surface area contributed by atoms with Gasteiger partial charge in [0, 0.05) is 7.05 Å². The molecular weight excluding hydrogens is 120 g/mol. The highest BCUT2D eigenvalue weighted by Gasteiger charge is 2.01. The van der Waals surface area contributed by atoms with E-state index in [0.717, 1.165) is 4.90 Å². The monoisotopic (exact) mass is 125 g/mol. The van der Waals surface area contributed by atoms with E-state index in [1.807, 2.05) is 0 Å². The Morgan fingerprint density at radius 1 is 1.89 bits per heavy atom. The van der Waals surface area contributed by atoms with Gasteiger partial charge in [0.1, 0.15) is 6.26 Å². The molecule has 0 spiro atoms. The predicted octanol–water partition coefficient (Wildman–Crippen LogP) is 0.178. The van der Waals surface area contributed by atoms with Gasteiger partial charge >= 0.3 is 12.4 Å². The molecular formula is C5H5N2O2. The van der Waals surface area contributed by atoms with Gasteiger partial charge in [-0.25, -0.2) is 4.98 Å². The summed E-state index contributed by atoms with van der Waals surface area (Å²) in [6, 6.07) is 0.255. The first-order chi connectivity index (χ1) is 4.34. The highest BCUT2D eigenvalue weighted by molar-refractivity contribution is 5.69. The largest absolute Gasteiger partial charge is 0.432 e. The summed E-state index contributed by atoms with van der Waals surface area (Å²) < 4.78 is 4.74. The lowest BCUT2D eigenvalue weighted by molar-refractivity contribution is 0.533. The zero-order valence-electron chi connectivity index (χ0n) is 4.87. The molecule has 0 aliphatic rings. The molecule has 0 aliphatic carbocycles. The van der Waals surface area contributed by atoms with Gasteiger partial charge in [0.2, 0.25) is 0 Å². The molecule has 1 aromatic rings. The van der Waals surface area contributed by atoms with Crippen molar-refractivity contribution in [3.8, 4) is 0 Å². The Bertz CT molecular complexity index is 183. The molecule has 0 fully saturated rings. The van der Waals surface area contributed by atoms with Crippen LogP contribution in [0.3, 0.4) is 0 Å². The zero-order chi connectivity index (χ0) is 6.69. The number of nitrogens with zero attached hydrogens (tertiary/aromatic N) is 2. The maximum absolute atomic E-state index is 9.90. The second kappa shape index (κ2) is 2.30. The first kappa shape index (κ1) is 5.81. The Morgan fingerprint density at radius 2 is 2.67 bits per heavy atom. The van der Waals surface area contributed by atoms with Crippen molar-refractivity contribution in [2.45, 2.75) is 0 Å². The molecule has 1 radical (unpaired) electrons. The smallest absolute Gasteiger partial charge is 0.320 e. The first-order valence-electron chi connectivity index (χ1n) is 2.35. The van der Waals surface area contributed by atoms with E-state index in [2.05, 4.69) is 4.98 Å². The molecule has 9 heavy (non-hydrogen) atoms. The molecule has 0 saturated carbocycles. The minimum atomic E-state index is 0.255. The van der Waals surface area contributed by atoms with E-state index in [9.17, 15) is 4.79 Å². The highest BCUT2D eigenvalue weighted by atomic mass is 16.4. The Kier molecular flexibility index (Phi) is 1.48. The quantitative estimate of drug-likeness (QED) is 0.529. The van der Waals surface area contributed by atoms with Crippen LogP contribution in [0, 0.1) is 0 Å². The second-order valence-corrected chi connectivity index (χ2v) is 1.46. The lowest BCUT2D eigenvalue weighted by Gasteiger charge is -1.99. The summed E-state index contributed by atoms with van der Waals surface area (Å²) >= 11 is 0. The Labute approximate surface area is 52.1 Å². The minimum Gasteiger partial charge on any atom is -0.432 e. The van der Waals surface area contributed by atoms with Crippen molar-refractivity contribution in [2.75, 3.05) is 11.9 Å². The average molecular weight is 125 g/mol. The standard InChI is InChI=1S/C5H5N2O2/c1-7(4-8)5-6-2-3-9-5/h2-3H,1H3. The summed E-state index contributed by atoms with van der Waals surface area (Å²) in [4.78, 5) is 14.7. The van der Waals surface area contributed by atoms with Crippen LogP contribution in [0.15, 0.2) is 16.9 Å². The first-order valence-corrected chi connectivity index (χ1v) is 2.35. The SMILES string of the molecule is CN([C]=O)c1ncco1. The molecule has 0 aliphatic heterocycles. The van der Waals surface area contributed by atoms with Crippen LogP contribution in [0.4, 0.5) is 6.01 Å². The maximum Gasteiger partial charge on any atom is 0.320 e. The van der Waals surface area contributed by atoms with Crippen LogP contribution in [0.1, 0.15) is 0 Å². The predicted molar refractivity (Wildman–Crippen MR) is 30.6 cm³/mol. The van der Waals surface area contributed by atoms with Gasteiger partial charge in [0.15, 0.2) is 0 Å². The minimum absolute atomic E-state index is 0.255. The number of rotatable bonds is 2. The molecule has 4 nitrogen and oxygen atoms in total. The molecule has 0 aromatic carbocycles. The van der Waals surface area contributed by atoms with Crippen molar-refractivity contribution in [3.05, 3.63) is 12.5 Å². The van der Waals surface area contributed by atoms with Crippen molar-refractivity contribution in [3.63, 3.8) is 0 Å². The van der Waals surface area contributed by atoms with Gasteiger partial charge in [0.05, 0.1) is 6.20 Å². The number of amides is 1. The van der Waals surface area contributed by atoms with Crippen molar-refractivity contribution >= 4 is 12.4 Å². The highest BCUT2D eigenvalue weighted by Crippen LogP contribution is 2.03. The second-order valence-electron chi connectivity index (χ2n) is 1.46. The number of aromatic nitrogens is 1. The van der Waals surface area contributed by atoms with Crippen LogP contribution in [0.25, 0.3) is 0 Å². The summed E-state index contributed by atoms with van der Waals surface area (Å²) in [5, 5.41) is 0. The molecule has 0 saturated heterocycles. The van der Waals surface area contributed by atoms with Crippen molar-refractivity contribution in [2.24, 2.45) is 0 Å². The van der Waals surface area contributed by atoms with Gasteiger partial charge < -0.3 is 4.42 Å². The van der Waals surface area contributed by atoms with E-state index in [1.165, 1.54) is 19.5 Å². The van der Waals surface area contributed by atoms with E-state index in [-0.39, 0.29) is 6.01 Å². The van der Waals surface area contributed by atoms with Crippen LogP contribution in [-0.2, 0) is 4.79 Å². The van der Waals surface area contributed by atoms with E-state index < -0.39 is 0 Å². The van der Waals surface area contributed by atoms with Gasteiger partial charge in [0.25, 0.3) is 0 Å². The summed E-state index contributed by atoms with van der Waals surface area (Å²) in [5.41, 5.74) is 0. The summed E-state index contributed by atoms with van der Waals surface area (Å²) in [6.45, 7) is 0. The summed E-state index contributed by atoms with van der Waals surface area (Å²) in [6.07, 6.45) is 4.45. The molecule has 1 rings (SSSR count). The third-order valence-corrected chi connectivity index (χ3v) is 0.843. The van der Waals surface area contributed by atoms with Crippen molar-refractivity contribution in [1.82, 2.24) is 4.98 Å². The van der Waals surface area contributed by atoms with E-state index in [1.54, 1.807) is 6.41 Å². The van der Waals surface area contributed by atoms with Gasteiger partial charge in [-0.05, 0) is 0 Å². The van der Waals surface area contributed by atoms with E-state index in [4.69, 9.17) is 4.42 Å². The average Bonchev–Trinajstić information content (AvgIpc) is 2.37. The fraction of sp³-hybridized carbons (Fsp3) is 0.200. The lowest BCUT2D eigenvalue weighted by Crippen LogP contribution is -2.13. The Balaban J connectivity index is 2.76. The summed E-state index contributed by atoms with van der Waals surface area (Å²) in [7, 11) is 1.51. The molecule has 1 heterocycles. The number of carbonyl (C=O) groups excluding carboxylic acids is 1. The van der Waals surface area contributed by atoms with Gasteiger partial charge in [-0.3, -0.25) is 9.69 Å². The third-order valence-electron chi connectivity index (χ3n) is 0.843.